The number of anilines is 1. The van der Waals surface area contributed by atoms with Crippen molar-refractivity contribution in [1.29, 1.82) is 5.26 Å². The molecular weight excluding hydrogens is 316 g/mol. The predicted octanol–water partition coefficient (Wildman–Crippen LogP) is 4.58. The second-order valence-electron chi connectivity index (χ2n) is 5.77. The maximum atomic E-state index is 9.62. The Morgan fingerprint density at radius 3 is 2.54 bits per heavy atom. The van der Waals surface area contributed by atoms with Crippen LogP contribution in [-0.4, -0.2) is 9.97 Å². The molecule has 0 amide bonds. The Kier molecular flexibility index (Phi) is 3.22. The molecule has 4 nitrogen and oxygen atoms in total. The van der Waals surface area contributed by atoms with E-state index >= 15 is 0 Å². The van der Waals surface area contributed by atoms with Gasteiger partial charge in [-0.25, -0.2) is 9.97 Å². The SMILES string of the molecule is Cc1cc(C)c2c(n1)sc1c(-c3ccccc3)nc(N)c(C#N)c12. The van der Waals surface area contributed by atoms with E-state index in [9.17, 15) is 5.26 Å². The van der Waals surface area contributed by atoms with Gasteiger partial charge in [0.15, 0.2) is 0 Å². The number of rotatable bonds is 1. The molecule has 2 N–H and O–H groups in total. The van der Waals surface area contributed by atoms with Gasteiger partial charge >= 0.3 is 0 Å². The lowest BCUT2D eigenvalue weighted by atomic mass is 10.0. The monoisotopic (exact) mass is 330 g/mol. The molecule has 3 aromatic heterocycles. The topological polar surface area (TPSA) is 75.6 Å². The highest BCUT2D eigenvalue weighted by atomic mass is 32.1. The van der Waals surface area contributed by atoms with E-state index in [1.54, 1.807) is 11.3 Å². The number of hydrogen-bond acceptors (Lipinski definition) is 5. The molecule has 0 aliphatic carbocycles. The first kappa shape index (κ1) is 14.6. The van der Waals surface area contributed by atoms with Crippen LogP contribution < -0.4 is 5.73 Å². The van der Waals surface area contributed by atoms with Crippen LogP contribution in [-0.2, 0) is 0 Å². The smallest absolute Gasteiger partial charge is 0.142 e. The number of aromatic nitrogens is 2. The molecule has 24 heavy (non-hydrogen) atoms. The van der Waals surface area contributed by atoms with Crippen molar-refractivity contribution in [3.63, 3.8) is 0 Å². The molecule has 4 rings (SSSR count). The van der Waals surface area contributed by atoms with Gasteiger partial charge in [0.25, 0.3) is 0 Å². The highest BCUT2D eigenvalue weighted by Gasteiger charge is 2.20. The number of pyridine rings is 2. The average molecular weight is 330 g/mol. The Bertz CT molecular complexity index is 1140. The number of hydrogen-bond donors (Lipinski definition) is 1. The molecule has 0 atom stereocenters. The summed E-state index contributed by atoms with van der Waals surface area (Å²) >= 11 is 1.57. The largest absolute Gasteiger partial charge is 0.383 e. The molecule has 4 aromatic rings. The molecule has 116 valence electrons. The molecule has 1 aromatic carbocycles. The number of benzene rings is 1. The maximum Gasteiger partial charge on any atom is 0.142 e. The molecule has 3 heterocycles. The number of aryl methyl sites for hydroxylation is 2. The summed E-state index contributed by atoms with van der Waals surface area (Å²) in [7, 11) is 0. The summed E-state index contributed by atoms with van der Waals surface area (Å²) < 4.78 is 0.961. The van der Waals surface area contributed by atoms with Gasteiger partial charge in [-0.15, -0.1) is 11.3 Å². The Morgan fingerprint density at radius 2 is 1.83 bits per heavy atom. The van der Waals surface area contributed by atoms with Crippen LogP contribution in [0.5, 0.6) is 0 Å². The second-order valence-corrected chi connectivity index (χ2v) is 6.76. The van der Waals surface area contributed by atoms with Gasteiger partial charge in [0, 0.05) is 22.0 Å². The van der Waals surface area contributed by atoms with Gasteiger partial charge in [0.1, 0.15) is 22.3 Å². The van der Waals surface area contributed by atoms with Crippen LogP contribution in [0.4, 0.5) is 5.82 Å². The van der Waals surface area contributed by atoms with Crippen molar-refractivity contribution < 1.29 is 0 Å². The lowest BCUT2D eigenvalue weighted by Gasteiger charge is -2.07. The number of fused-ring (bicyclic) bond motifs is 3. The molecule has 0 fully saturated rings. The Morgan fingerprint density at radius 1 is 1.08 bits per heavy atom. The number of nitrogens with zero attached hydrogens (tertiary/aromatic N) is 3. The summed E-state index contributed by atoms with van der Waals surface area (Å²) in [5, 5.41) is 11.5. The Labute approximate surface area is 143 Å². The van der Waals surface area contributed by atoms with Gasteiger partial charge in [-0.05, 0) is 25.5 Å². The van der Waals surface area contributed by atoms with Crippen LogP contribution >= 0.6 is 11.3 Å². The van der Waals surface area contributed by atoms with Crippen molar-refractivity contribution in [3.05, 3.63) is 53.2 Å². The molecule has 0 saturated carbocycles. The third-order valence-corrected chi connectivity index (χ3v) is 5.19. The molecule has 5 heteroatoms. The Balaban J connectivity index is 2.26. The Hall–Kier alpha value is -2.97. The number of thiophene rings is 1. The number of nitrogen functional groups attached to an aromatic ring is 1. The van der Waals surface area contributed by atoms with E-state index in [4.69, 9.17) is 5.73 Å². The van der Waals surface area contributed by atoms with E-state index in [0.717, 1.165) is 42.8 Å². The van der Waals surface area contributed by atoms with Gasteiger partial charge in [-0.3, -0.25) is 0 Å². The fraction of sp³-hybridized carbons (Fsp3) is 0.105. The average Bonchev–Trinajstić information content (AvgIpc) is 2.94. The van der Waals surface area contributed by atoms with E-state index in [1.807, 2.05) is 50.2 Å². The first-order valence-electron chi connectivity index (χ1n) is 7.55. The lowest BCUT2D eigenvalue weighted by molar-refractivity contribution is 1.25. The van der Waals surface area contributed by atoms with E-state index in [1.165, 1.54) is 0 Å². The standard InChI is InChI=1S/C19H14N4S/c1-10-8-11(2)22-19-14(10)15-13(9-20)18(21)23-16(17(15)24-19)12-6-4-3-5-7-12/h3-8H,1-2H3,(H2,21,23). The zero-order chi connectivity index (χ0) is 16.8. The van der Waals surface area contributed by atoms with Crippen LogP contribution in [0.15, 0.2) is 36.4 Å². The van der Waals surface area contributed by atoms with Crippen LogP contribution in [0, 0.1) is 25.2 Å². The predicted molar refractivity (Wildman–Crippen MR) is 99.0 cm³/mol. The normalized spacial score (nSPS) is 11.0. The minimum Gasteiger partial charge on any atom is -0.383 e. The minimum absolute atomic E-state index is 0.267. The molecular formula is C19H14N4S. The summed E-state index contributed by atoms with van der Waals surface area (Å²) in [6, 6.07) is 14.2. The van der Waals surface area contributed by atoms with E-state index in [0.29, 0.717) is 5.56 Å². The summed E-state index contributed by atoms with van der Waals surface area (Å²) in [4.78, 5) is 10.1. The summed E-state index contributed by atoms with van der Waals surface area (Å²) in [5.74, 6) is 0.267. The van der Waals surface area contributed by atoms with Crippen molar-refractivity contribution in [2.24, 2.45) is 0 Å². The molecule has 0 radical (unpaired) electrons. The summed E-state index contributed by atoms with van der Waals surface area (Å²) in [6.45, 7) is 4.02. The van der Waals surface area contributed by atoms with Crippen molar-refractivity contribution in [2.45, 2.75) is 13.8 Å². The fourth-order valence-corrected chi connectivity index (χ4v) is 4.42. The van der Waals surface area contributed by atoms with Crippen molar-refractivity contribution in [3.8, 4) is 17.3 Å². The molecule has 0 bridgehead atoms. The highest BCUT2D eigenvalue weighted by Crippen LogP contribution is 2.42. The number of nitrogens with two attached hydrogens (primary N) is 1. The molecule has 0 aliphatic rings. The van der Waals surface area contributed by atoms with Gasteiger partial charge in [-0.1, -0.05) is 30.3 Å². The number of nitriles is 1. The van der Waals surface area contributed by atoms with Gasteiger partial charge in [-0.2, -0.15) is 5.26 Å². The van der Waals surface area contributed by atoms with E-state index in [2.05, 4.69) is 16.0 Å². The van der Waals surface area contributed by atoms with E-state index in [-0.39, 0.29) is 5.82 Å². The highest BCUT2D eigenvalue weighted by molar-refractivity contribution is 7.26. The maximum absolute atomic E-state index is 9.62. The van der Waals surface area contributed by atoms with Crippen molar-refractivity contribution in [2.75, 3.05) is 5.73 Å². The van der Waals surface area contributed by atoms with Crippen LogP contribution in [0.1, 0.15) is 16.8 Å². The molecule has 0 aliphatic heterocycles. The van der Waals surface area contributed by atoms with Gasteiger partial charge in [0.2, 0.25) is 0 Å². The van der Waals surface area contributed by atoms with Gasteiger partial charge in [0.05, 0.1) is 10.4 Å². The quantitative estimate of drug-likeness (QED) is 0.554. The lowest BCUT2D eigenvalue weighted by Crippen LogP contribution is -1.98. The summed E-state index contributed by atoms with van der Waals surface area (Å²) in [6.07, 6.45) is 0. The fourth-order valence-electron chi connectivity index (χ4n) is 3.11. The van der Waals surface area contributed by atoms with Crippen LogP contribution in [0.25, 0.3) is 31.6 Å². The molecule has 0 spiro atoms. The van der Waals surface area contributed by atoms with Crippen LogP contribution in [0.3, 0.4) is 0 Å². The van der Waals surface area contributed by atoms with Crippen LogP contribution in [0.2, 0.25) is 0 Å². The summed E-state index contributed by atoms with van der Waals surface area (Å²) in [5.41, 5.74) is 10.4. The molecule has 0 saturated heterocycles. The zero-order valence-corrected chi connectivity index (χ0v) is 14.1. The third-order valence-electron chi connectivity index (χ3n) is 4.10. The van der Waals surface area contributed by atoms with Crippen molar-refractivity contribution in [1.82, 2.24) is 9.97 Å². The third kappa shape index (κ3) is 2.04. The zero-order valence-electron chi connectivity index (χ0n) is 13.3. The van der Waals surface area contributed by atoms with Gasteiger partial charge < -0.3 is 5.73 Å². The minimum atomic E-state index is 0.267. The molecule has 0 unspecified atom stereocenters. The first-order chi connectivity index (χ1) is 11.6. The first-order valence-corrected chi connectivity index (χ1v) is 8.37. The van der Waals surface area contributed by atoms with Crippen molar-refractivity contribution >= 4 is 37.5 Å². The second kappa shape index (κ2) is 5.29. The van der Waals surface area contributed by atoms with E-state index < -0.39 is 0 Å².